The van der Waals surface area contributed by atoms with Gasteiger partial charge in [0.2, 0.25) is 0 Å². The second kappa shape index (κ2) is 3.14. The van der Waals surface area contributed by atoms with Crippen LogP contribution in [0.1, 0.15) is 5.56 Å². The van der Waals surface area contributed by atoms with Gasteiger partial charge in [-0.05, 0) is 18.6 Å². The molecule has 4 heteroatoms. The second-order valence-corrected chi connectivity index (χ2v) is 3.30. The van der Waals surface area contributed by atoms with Crippen LogP contribution >= 0.6 is 0 Å². The van der Waals surface area contributed by atoms with Crippen molar-refractivity contribution < 1.29 is 0 Å². The van der Waals surface area contributed by atoms with E-state index in [-0.39, 0.29) is 0 Å². The molecule has 4 nitrogen and oxygen atoms in total. The van der Waals surface area contributed by atoms with E-state index in [4.69, 9.17) is 5.73 Å². The smallest absolute Gasteiger partial charge is 0.122 e. The van der Waals surface area contributed by atoms with Gasteiger partial charge in [-0.15, -0.1) is 0 Å². The first-order valence-corrected chi connectivity index (χ1v) is 4.39. The second-order valence-electron chi connectivity index (χ2n) is 3.30. The summed E-state index contributed by atoms with van der Waals surface area (Å²) in [6.45, 7) is 2.00. The number of anilines is 1. The molecular formula is C10H12N4. The van der Waals surface area contributed by atoms with E-state index in [0.717, 1.165) is 17.0 Å². The largest absolute Gasteiger partial charge is 0.384 e. The summed E-state index contributed by atoms with van der Waals surface area (Å²) in [4.78, 5) is 4.27. The lowest BCUT2D eigenvalue weighted by molar-refractivity contribution is 0.781. The molecule has 0 saturated heterocycles. The lowest BCUT2D eigenvalue weighted by Gasteiger charge is -1.95. The molecule has 0 aliphatic heterocycles. The van der Waals surface area contributed by atoms with E-state index >= 15 is 0 Å². The molecule has 0 unspecified atom stereocenters. The zero-order chi connectivity index (χ0) is 10.1. The maximum Gasteiger partial charge on any atom is 0.122 e. The van der Waals surface area contributed by atoms with Crippen molar-refractivity contribution in [2.45, 2.75) is 6.92 Å². The first-order chi connectivity index (χ1) is 6.66. The number of nitrogens with two attached hydrogens (primary N) is 1. The lowest BCUT2D eigenvalue weighted by atomic mass is 10.2. The van der Waals surface area contributed by atoms with Crippen molar-refractivity contribution in [1.29, 1.82) is 0 Å². The number of rotatable bonds is 1. The summed E-state index contributed by atoms with van der Waals surface area (Å²) in [6.07, 6.45) is 1.82. The van der Waals surface area contributed by atoms with Crippen molar-refractivity contribution >= 4 is 5.82 Å². The molecular weight excluding hydrogens is 176 g/mol. The van der Waals surface area contributed by atoms with Crippen molar-refractivity contribution in [1.82, 2.24) is 14.8 Å². The highest BCUT2D eigenvalue weighted by Crippen LogP contribution is 2.17. The quantitative estimate of drug-likeness (QED) is 0.735. The molecule has 14 heavy (non-hydrogen) atoms. The summed E-state index contributed by atoms with van der Waals surface area (Å²) in [5.74, 6) is 0.641. The number of aromatic nitrogens is 3. The maximum absolute atomic E-state index is 5.68. The average molecular weight is 188 g/mol. The summed E-state index contributed by atoms with van der Waals surface area (Å²) >= 11 is 0. The third-order valence-corrected chi connectivity index (χ3v) is 2.09. The average Bonchev–Trinajstić information content (AvgIpc) is 2.48. The van der Waals surface area contributed by atoms with E-state index in [1.807, 2.05) is 38.4 Å². The Kier molecular flexibility index (Phi) is 1.96. The Morgan fingerprint density at radius 3 is 2.57 bits per heavy atom. The van der Waals surface area contributed by atoms with Gasteiger partial charge in [-0.1, -0.05) is 6.07 Å². The molecule has 0 bridgehead atoms. The van der Waals surface area contributed by atoms with Crippen molar-refractivity contribution in [2.24, 2.45) is 7.05 Å². The van der Waals surface area contributed by atoms with Crippen LogP contribution in [0.5, 0.6) is 0 Å². The monoisotopic (exact) mass is 188 g/mol. The van der Waals surface area contributed by atoms with Gasteiger partial charge in [-0.25, -0.2) is 0 Å². The highest BCUT2D eigenvalue weighted by molar-refractivity contribution is 5.58. The molecule has 0 aliphatic rings. The standard InChI is InChI=1S/C10H12N4/c1-7-3-4-8(12-6-7)9-5-10(11)14(2)13-9/h3-6H,11H2,1-2H3. The van der Waals surface area contributed by atoms with E-state index in [0.29, 0.717) is 5.82 Å². The lowest BCUT2D eigenvalue weighted by Crippen LogP contribution is -1.96. The minimum absolute atomic E-state index is 0.641. The molecule has 0 atom stereocenters. The SMILES string of the molecule is Cc1ccc(-c2cc(N)n(C)n2)nc1. The molecule has 0 aromatic carbocycles. The summed E-state index contributed by atoms with van der Waals surface area (Å²) in [5, 5.41) is 4.24. The van der Waals surface area contributed by atoms with Crippen molar-refractivity contribution in [3.63, 3.8) is 0 Å². The van der Waals surface area contributed by atoms with Gasteiger partial charge in [0.1, 0.15) is 11.5 Å². The van der Waals surface area contributed by atoms with Crippen LogP contribution in [0.15, 0.2) is 24.4 Å². The molecule has 2 aromatic rings. The number of nitrogen functional groups attached to an aromatic ring is 1. The van der Waals surface area contributed by atoms with Crippen LogP contribution in [0, 0.1) is 6.92 Å². The molecule has 0 aliphatic carbocycles. The molecule has 2 rings (SSSR count). The van der Waals surface area contributed by atoms with Gasteiger partial charge in [0.15, 0.2) is 0 Å². The zero-order valence-electron chi connectivity index (χ0n) is 8.23. The molecule has 0 amide bonds. The van der Waals surface area contributed by atoms with Gasteiger partial charge < -0.3 is 5.73 Å². The number of aryl methyl sites for hydroxylation is 2. The topological polar surface area (TPSA) is 56.7 Å². The number of nitrogens with zero attached hydrogens (tertiary/aromatic N) is 3. The van der Waals surface area contributed by atoms with Crippen LogP contribution in [-0.4, -0.2) is 14.8 Å². The third-order valence-electron chi connectivity index (χ3n) is 2.09. The van der Waals surface area contributed by atoms with E-state index in [2.05, 4.69) is 10.1 Å². The third kappa shape index (κ3) is 1.46. The van der Waals surface area contributed by atoms with Gasteiger partial charge in [0.05, 0.1) is 5.69 Å². The van der Waals surface area contributed by atoms with Crippen LogP contribution in [-0.2, 0) is 7.05 Å². The fourth-order valence-corrected chi connectivity index (χ4v) is 1.23. The minimum Gasteiger partial charge on any atom is -0.384 e. The van der Waals surface area contributed by atoms with Gasteiger partial charge in [0, 0.05) is 19.3 Å². The maximum atomic E-state index is 5.68. The van der Waals surface area contributed by atoms with Crippen LogP contribution in [0.3, 0.4) is 0 Å². The molecule has 2 heterocycles. The van der Waals surface area contributed by atoms with Crippen LogP contribution in [0.2, 0.25) is 0 Å². The van der Waals surface area contributed by atoms with Crippen LogP contribution in [0.25, 0.3) is 11.4 Å². The predicted octanol–water partition coefficient (Wildman–Crippen LogP) is 1.37. The van der Waals surface area contributed by atoms with Gasteiger partial charge in [-0.2, -0.15) is 5.10 Å². The normalized spacial score (nSPS) is 10.4. The Bertz CT molecular complexity index is 422. The Balaban J connectivity index is 2.44. The Labute approximate surface area is 82.4 Å². The Hall–Kier alpha value is -1.84. The van der Waals surface area contributed by atoms with Crippen molar-refractivity contribution in [3.8, 4) is 11.4 Å². The van der Waals surface area contributed by atoms with Gasteiger partial charge >= 0.3 is 0 Å². The minimum atomic E-state index is 0.641. The fraction of sp³-hybridized carbons (Fsp3) is 0.200. The van der Waals surface area contributed by atoms with E-state index in [1.165, 1.54) is 0 Å². The molecule has 0 radical (unpaired) electrons. The molecule has 0 fully saturated rings. The summed E-state index contributed by atoms with van der Waals surface area (Å²) in [5.41, 5.74) is 8.48. The van der Waals surface area contributed by atoms with E-state index in [1.54, 1.807) is 4.68 Å². The fourth-order valence-electron chi connectivity index (χ4n) is 1.23. The number of hydrogen-bond acceptors (Lipinski definition) is 3. The first-order valence-electron chi connectivity index (χ1n) is 4.39. The van der Waals surface area contributed by atoms with E-state index < -0.39 is 0 Å². The van der Waals surface area contributed by atoms with Crippen LogP contribution < -0.4 is 5.73 Å². The molecule has 2 aromatic heterocycles. The summed E-state index contributed by atoms with van der Waals surface area (Å²) in [7, 11) is 1.81. The first kappa shape index (κ1) is 8.74. The zero-order valence-corrected chi connectivity index (χ0v) is 8.23. The number of pyridine rings is 1. The molecule has 0 spiro atoms. The predicted molar refractivity (Wildman–Crippen MR) is 55.6 cm³/mol. The molecule has 2 N–H and O–H groups in total. The van der Waals surface area contributed by atoms with E-state index in [9.17, 15) is 0 Å². The highest BCUT2D eigenvalue weighted by atomic mass is 15.3. The molecule has 0 saturated carbocycles. The Morgan fingerprint density at radius 1 is 1.29 bits per heavy atom. The highest BCUT2D eigenvalue weighted by Gasteiger charge is 2.04. The van der Waals surface area contributed by atoms with Crippen molar-refractivity contribution in [3.05, 3.63) is 30.0 Å². The summed E-state index contributed by atoms with van der Waals surface area (Å²) < 4.78 is 1.64. The molecule has 72 valence electrons. The summed E-state index contributed by atoms with van der Waals surface area (Å²) in [6, 6.07) is 5.77. The Morgan fingerprint density at radius 2 is 2.07 bits per heavy atom. The van der Waals surface area contributed by atoms with Gasteiger partial charge in [0.25, 0.3) is 0 Å². The van der Waals surface area contributed by atoms with Crippen LogP contribution in [0.4, 0.5) is 5.82 Å². The van der Waals surface area contributed by atoms with Gasteiger partial charge in [-0.3, -0.25) is 9.67 Å². The van der Waals surface area contributed by atoms with Crippen molar-refractivity contribution in [2.75, 3.05) is 5.73 Å². The number of hydrogen-bond donors (Lipinski definition) is 1.